The Morgan fingerprint density at radius 3 is 1.81 bits per heavy atom. The van der Waals surface area contributed by atoms with Gasteiger partial charge in [0.25, 0.3) is 0 Å². The van der Waals surface area contributed by atoms with Crippen LogP contribution in [0.15, 0.2) is 198 Å². The molecule has 0 fully saturated rings. The minimum atomic E-state index is -0.780. The molecule has 0 radical (unpaired) electrons. The molecule has 0 atom stereocenters. The van der Waals surface area contributed by atoms with Crippen LogP contribution in [0.3, 0.4) is 0 Å². The van der Waals surface area contributed by atoms with Crippen LogP contribution in [-0.2, 0) is 0 Å². The number of aromatic nitrogens is 3. The van der Waals surface area contributed by atoms with E-state index < -0.39 is 131 Å². The van der Waals surface area contributed by atoms with Gasteiger partial charge in [-0.05, 0) is 76.3 Å². The van der Waals surface area contributed by atoms with E-state index in [0.29, 0.717) is 11.1 Å². The van der Waals surface area contributed by atoms with E-state index in [1.165, 1.54) is 24.3 Å². The Kier molecular flexibility index (Phi) is 4.41. The standard InChI is InChI=1S/C49H32N4O/c1-4-14-35(15-5-1)47-50-48(36-16-6-2-7-17-36)52-49(51-47)43-21-12-22-44-46(43)42-30-26-38(32-45(42)54-44)34-23-27-40(28-24-34)53(39-19-8-3-9-20-39)41-29-25-33-13-10-11-18-37(33)31-41/h1-32H/i3D,8D,9D,10D,11D,12D,13D,18D,19D,20D,21D,22D,25D,26D,29D,30D,31D,32D. The van der Waals surface area contributed by atoms with Crippen LogP contribution in [0.2, 0.25) is 0 Å². The number of hydrogen-bond acceptors (Lipinski definition) is 5. The lowest BCUT2D eigenvalue weighted by atomic mass is 10.0. The van der Waals surface area contributed by atoms with Gasteiger partial charge in [-0.3, -0.25) is 0 Å². The Morgan fingerprint density at radius 2 is 1.09 bits per heavy atom. The molecular formula is C49H32N4O. The summed E-state index contributed by atoms with van der Waals surface area (Å²) in [6, 6.07) is 11.5. The Morgan fingerprint density at radius 1 is 0.426 bits per heavy atom. The van der Waals surface area contributed by atoms with Crippen LogP contribution in [0.4, 0.5) is 17.1 Å². The summed E-state index contributed by atoms with van der Waals surface area (Å²) in [6.07, 6.45) is 0. The monoisotopic (exact) mass is 710 g/mol. The fraction of sp³-hybridized carbons (Fsp3) is 0. The SMILES string of the molecule is [2H]c1c([2H])c([2H])c(N(c2ccc(-c3c([2H])c([2H])c4c(oc5c([2H])c([2H])c([2H])c(-c6nc(-c7ccccc7)nc(-c7ccccc7)n6)c54)c3[2H])cc2)c2c([2H])c([2H])c3c([2H])c([2H])c([2H])c([2H])c3c2[2H])c([2H])c1[2H]. The summed E-state index contributed by atoms with van der Waals surface area (Å²) >= 11 is 0. The first-order valence-corrected chi connectivity index (χ1v) is 16.6. The molecule has 2 heterocycles. The Balaban J connectivity index is 1.20. The number of hydrogen-bond donors (Lipinski definition) is 0. The van der Waals surface area contributed by atoms with Crippen LogP contribution >= 0.6 is 0 Å². The first-order valence-electron chi connectivity index (χ1n) is 25.6. The summed E-state index contributed by atoms with van der Waals surface area (Å²) in [4.78, 5) is 15.1. The van der Waals surface area contributed by atoms with Gasteiger partial charge in [0, 0.05) is 44.5 Å². The lowest BCUT2D eigenvalue weighted by Gasteiger charge is -2.26. The van der Waals surface area contributed by atoms with Crippen molar-refractivity contribution in [3.05, 3.63) is 194 Å². The molecule has 0 bridgehead atoms. The minimum absolute atomic E-state index is 0.0465. The number of fused-ring (bicyclic) bond motifs is 4. The minimum Gasteiger partial charge on any atom is -0.456 e. The van der Waals surface area contributed by atoms with Crippen molar-refractivity contribution in [1.29, 1.82) is 0 Å². The van der Waals surface area contributed by atoms with Gasteiger partial charge in [0.1, 0.15) is 11.2 Å². The second kappa shape index (κ2) is 13.3. The second-order valence-corrected chi connectivity index (χ2v) is 11.9. The van der Waals surface area contributed by atoms with E-state index in [1.54, 1.807) is 48.5 Å². The summed E-state index contributed by atoms with van der Waals surface area (Å²) in [5, 5.41) is -1.06. The van der Waals surface area contributed by atoms with E-state index >= 15 is 0 Å². The van der Waals surface area contributed by atoms with Crippen molar-refractivity contribution in [2.45, 2.75) is 0 Å². The summed E-state index contributed by atoms with van der Waals surface area (Å²) in [6.45, 7) is 0. The van der Waals surface area contributed by atoms with Crippen LogP contribution in [0.5, 0.6) is 0 Å². The van der Waals surface area contributed by atoms with Crippen molar-refractivity contribution in [2.75, 3.05) is 4.90 Å². The van der Waals surface area contributed by atoms with Crippen molar-refractivity contribution in [1.82, 2.24) is 15.0 Å². The fourth-order valence-electron chi connectivity index (χ4n) is 6.07. The summed E-state index contributed by atoms with van der Waals surface area (Å²) in [5.41, 5.74) is -0.674. The summed E-state index contributed by atoms with van der Waals surface area (Å²) in [7, 11) is 0. The van der Waals surface area contributed by atoms with E-state index in [0.717, 1.165) is 4.90 Å². The molecule has 10 aromatic rings. The van der Waals surface area contributed by atoms with Gasteiger partial charge in [0.05, 0.1) is 24.7 Å². The van der Waals surface area contributed by atoms with E-state index in [9.17, 15) is 6.85 Å². The normalized spacial score (nSPS) is 16.0. The molecule has 54 heavy (non-hydrogen) atoms. The maximum absolute atomic E-state index is 9.50. The van der Waals surface area contributed by atoms with E-state index in [-0.39, 0.29) is 61.8 Å². The molecule has 10 rings (SSSR count). The molecule has 0 saturated carbocycles. The van der Waals surface area contributed by atoms with E-state index in [4.69, 9.17) is 37.2 Å². The maximum Gasteiger partial charge on any atom is 0.164 e. The lowest BCUT2D eigenvalue weighted by molar-refractivity contribution is 0.669. The van der Waals surface area contributed by atoms with Gasteiger partial charge in [0.15, 0.2) is 17.5 Å². The molecular weight excluding hydrogens is 661 g/mol. The number of anilines is 3. The largest absolute Gasteiger partial charge is 0.456 e. The third-order valence-electron chi connectivity index (χ3n) is 8.58. The third-order valence-corrected chi connectivity index (χ3v) is 8.58. The first-order chi connectivity index (χ1) is 34.3. The number of furan rings is 1. The van der Waals surface area contributed by atoms with Gasteiger partial charge in [-0.15, -0.1) is 0 Å². The van der Waals surface area contributed by atoms with Crippen molar-refractivity contribution < 1.29 is 29.1 Å². The highest BCUT2D eigenvalue weighted by molar-refractivity contribution is 6.12. The first kappa shape index (κ1) is 17.9. The highest BCUT2D eigenvalue weighted by atomic mass is 16.3. The average Bonchev–Trinajstić information content (AvgIpc) is 3.79. The summed E-state index contributed by atoms with van der Waals surface area (Å²) in [5.74, 6) is 0.347. The zero-order valence-electron chi connectivity index (χ0n) is 45.8. The van der Waals surface area contributed by atoms with Gasteiger partial charge in [-0.25, -0.2) is 15.0 Å². The van der Waals surface area contributed by atoms with Gasteiger partial charge in [0.2, 0.25) is 0 Å². The zero-order valence-corrected chi connectivity index (χ0v) is 27.8. The Hall–Kier alpha value is -7.37. The van der Waals surface area contributed by atoms with Crippen LogP contribution in [0.1, 0.15) is 24.7 Å². The summed E-state index contributed by atoms with van der Waals surface area (Å²) < 4.78 is 166. The fourth-order valence-corrected chi connectivity index (χ4v) is 6.07. The molecule has 0 aliphatic rings. The zero-order chi connectivity index (χ0) is 51.5. The van der Waals surface area contributed by atoms with Gasteiger partial charge in [-0.1, -0.05) is 139 Å². The quantitative estimate of drug-likeness (QED) is 0.165. The van der Waals surface area contributed by atoms with Gasteiger partial charge >= 0.3 is 0 Å². The molecule has 5 heteroatoms. The molecule has 5 nitrogen and oxygen atoms in total. The predicted molar refractivity (Wildman–Crippen MR) is 221 cm³/mol. The highest BCUT2D eigenvalue weighted by Crippen LogP contribution is 2.40. The molecule has 0 aliphatic carbocycles. The van der Waals surface area contributed by atoms with Gasteiger partial charge in [-0.2, -0.15) is 0 Å². The highest BCUT2D eigenvalue weighted by Gasteiger charge is 2.19. The molecule has 254 valence electrons. The molecule has 8 aromatic carbocycles. The Labute approximate surface area is 337 Å². The van der Waals surface area contributed by atoms with Gasteiger partial charge < -0.3 is 9.32 Å². The molecule has 0 N–H and O–H groups in total. The topological polar surface area (TPSA) is 55.1 Å². The lowest BCUT2D eigenvalue weighted by Crippen LogP contribution is -2.09. The smallest absolute Gasteiger partial charge is 0.164 e. The number of rotatable bonds is 7. The van der Waals surface area contributed by atoms with Crippen LogP contribution in [-0.4, -0.2) is 15.0 Å². The molecule has 0 spiro atoms. The Bertz CT molecular complexity index is 3880. The third kappa shape index (κ3) is 5.74. The van der Waals surface area contributed by atoms with E-state index in [1.807, 2.05) is 12.1 Å². The van der Waals surface area contributed by atoms with E-state index in [2.05, 4.69) is 0 Å². The average molecular weight is 711 g/mol. The number of benzene rings is 8. The van der Waals surface area contributed by atoms with Crippen LogP contribution in [0, 0.1) is 0 Å². The molecule has 0 amide bonds. The molecule has 0 aliphatic heterocycles. The molecule has 2 aromatic heterocycles. The van der Waals surface area contributed by atoms with Crippen LogP contribution < -0.4 is 4.90 Å². The molecule has 0 unspecified atom stereocenters. The number of para-hydroxylation sites is 1. The van der Waals surface area contributed by atoms with Crippen molar-refractivity contribution in [3.63, 3.8) is 0 Å². The second-order valence-electron chi connectivity index (χ2n) is 11.9. The van der Waals surface area contributed by atoms with Crippen molar-refractivity contribution in [3.8, 4) is 45.3 Å². The predicted octanol–water partition coefficient (Wildman–Crippen LogP) is 13.1. The van der Waals surface area contributed by atoms with Crippen LogP contribution in [0.25, 0.3) is 78.0 Å². The van der Waals surface area contributed by atoms with Crippen molar-refractivity contribution >= 4 is 49.8 Å². The number of nitrogens with zero attached hydrogens (tertiary/aromatic N) is 4. The maximum atomic E-state index is 9.50. The molecule has 0 saturated heterocycles. The van der Waals surface area contributed by atoms with Crippen molar-refractivity contribution in [2.24, 2.45) is 0 Å².